The average molecular weight is 715 g/mol. The SMILES string of the molecule is CCC(C)(C)C(=O)OCCOP(=O)(O)O.CCC(C)(C)C(=O)OCCOP(=O)([O-])[O-].CCC(C)C(=O)NCC(N)=O.[K+].[K+]. The van der Waals surface area contributed by atoms with Gasteiger partial charge in [0.2, 0.25) is 11.8 Å². The summed E-state index contributed by atoms with van der Waals surface area (Å²) in [6.07, 6.45) is 2.00. The Morgan fingerprint density at radius 3 is 1.47 bits per heavy atom. The Hall–Kier alpha value is 1.37. The van der Waals surface area contributed by atoms with E-state index in [9.17, 15) is 38.1 Å². The molecule has 0 rings (SSSR count). The molecule has 5 N–H and O–H groups in total. The number of hydrogen-bond donors (Lipinski definition) is 4. The number of carbonyl (C=O) groups excluding carboxylic acids is 4. The number of hydrogen-bond acceptors (Lipinski definition) is 12. The van der Waals surface area contributed by atoms with Gasteiger partial charge in [0, 0.05) is 5.92 Å². The van der Waals surface area contributed by atoms with Crippen LogP contribution in [0.2, 0.25) is 0 Å². The molecule has 0 aromatic heterocycles. The van der Waals surface area contributed by atoms with Crippen LogP contribution in [-0.4, -0.2) is 66.5 Å². The predicted octanol–water partition coefficient (Wildman–Crippen LogP) is -5.47. The molecule has 0 aliphatic rings. The van der Waals surface area contributed by atoms with Gasteiger partial charge >= 0.3 is 123 Å². The van der Waals surface area contributed by atoms with E-state index in [0.717, 1.165) is 6.42 Å². The smallest absolute Gasteiger partial charge is 0.790 e. The zero-order chi connectivity index (χ0) is 33.1. The summed E-state index contributed by atoms with van der Waals surface area (Å²) in [7, 11) is -9.43. The van der Waals surface area contributed by atoms with Gasteiger partial charge in [0.1, 0.15) is 13.2 Å². The van der Waals surface area contributed by atoms with Crippen LogP contribution in [-0.2, 0) is 46.8 Å². The molecular formula is C23H46K2N2O14P2. The summed E-state index contributed by atoms with van der Waals surface area (Å²) in [5.74, 6) is -1.53. The Morgan fingerprint density at radius 2 is 1.19 bits per heavy atom. The number of ether oxygens (including phenoxy) is 2. The van der Waals surface area contributed by atoms with Crippen LogP contribution in [0.1, 0.15) is 74.7 Å². The molecule has 0 spiro atoms. The third-order valence-electron chi connectivity index (χ3n) is 5.51. The first kappa shape index (κ1) is 53.8. The van der Waals surface area contributed by atoms with Gasteiger partial charge in [0.15, 0.2) is 0 Å². The first-order chi connectivity index (χ1) is 18.5. The molecule has 0 heterocycles. The number of esters is 2. The minimum Gasteiger partial charge on any atom is -0.790 e. The van der Waals surface area contributed by atoms with Crippen molar-refractivity contribution in [3.63, 3.8) is 0 Å². The first-order valence-electron chi connectivity index (χ1n) is 12.7. The Morgan fingerprint density at radius 1 is 0.814 bits per heavy atom. The average Bonchev–Trinajstić information content (AvgIpc) is 2.86. The van der Waals surface area contributed by atoms with Crippen LogP contribution in [0.3, 0.4) is 0 Å². The molecule has 0 aromatic rings. The van der Waals surface area contributed by atoms with Gasteiger partial charge < -0.3 is 49.2 Å². The summed E-state index contributed by atoms with van der Waals surface area (Å²) in [6, 6.07) is 0. The molecular weight excluding hydrogens is 668 g/mol. The molecule has 0 aromatic carbocycles. The minimum absolute atomic E-state index is 0. The maximum atomic E-state index is 11.3. The molecule has 0 radical (unpaired) electrons. The van der Waals surface area contributed by atoms with E-state index in [-0.39, 0.29) is 141 Å². The van der Waals surface area contributed by atoms with E-state index in [1.807, 2.05) is 20.8 Å². The molecule has 1 atom stereocenters. The number of phosphoric ester groups is 2. The van der Waals surface area contributed by atoms with Gasteiger partial charge in [-0.15, -0.1) is 0 Å². The van der Waals surface area contributed by atoms with E-state index in [2.05, 4.69) is 14.4 Å². The molecule has 0 bridgehead atoms. The third kappa shape index (κ3) is 34.5. The van der Waals surface area contributed by atoms with Crippen molar-refractivity contribution < 1.29 is 169 Å². The van der Waals surface area contributed by atoms with Crippen molar-refractivity contribution in [3.05, 3.63) is 0 Å². The monoisotopic (exact) mass is 714 g/mol. The molecule has 0 saturated carbocycles. The summed E-state index contributed by atoms with van der Waals surface area (Å²) in [5.41, 5.74) is 3.63. The van der Waals surface area contributed by atoms with E-state index in [1.54, 1.807) is 34.6 Å². The molecule has 43 heavy (non-hydrogen) atoms. The number of primary amides is 1. The summed E-state index contributed by atoms with van der Waals surface area (Å²) in [6.45, 7) is 13.1. The largest absolute Gasteiger partial charge is 1.00 e. The predicted molar refractivity (Wildman–Crippen MR) is 143 cm³/mol. The number of phosphoric acid groups is 2. The minimum atomic E-state index is -4.96. The van der Waals surface area contributed by atoms with E-state index in [0.29, 0.717) is 12.8 Å². The second-order valence-electron chi connectivity index (χ2n) is 9.84. The molecule has 0 saturated heterocycles. The van der Waals surface area contributed by atoms with Gasteiger partial charge in [-0.05, 0) is 47.0 Å². The van der Waals surface area contributed by atoms with Gasteiger partial charge in [0.05, 0.1) is 38.4 Å². The van der Waals surface area contributed by atoms with Crippen molar-refractivity contribution in [3.8, 4) is 0 Å². The Kier molecular flexibility index (Phi) is 34.2. The van der Waals surface area contributed by atoms with Crippen molar-refractivity contribution in [1.29, 1.82) is 0 Å². The summed E-state index contributed by atoms with van der Waals surface area (Å²) in [5, 5.41) is 2.42. The topological polar surface area (TPSA) is 264 Å². The van der Waals surface area contributed by atoms with E-state index in [4.69, 9.17) is 25.0 Å². The zero-order valence-corrected chi connectivity index (χ0v) is 35.0. The standard InChI is InChI=1S/2C8H17O6P.C7H14N2O2.2K/c2*1-4-8(2,3)7(9)13-5-6-14-15(10,11)12;1-3-5(2)7(11)9-4-6(8)10;;/h2*4-6H2,1-3H3,(H2,10,11,12);5H,3-4H2,1-2H3,(H2,8,10)(H,9,11);;/q;;;2*+1/p-2. The molecule has 16 nitrogen and oxygen atoms in total. The Balaban J connectivity index is -0.000000166. The van der Waals surface area contributed by atoms with Gasteiger partial charge in [-0.2, -0.15) is 0 Å². The van der Waals surface area contributed by atoms with Gasteiger partial charge in [-0.25, -0.2) is 4.57 Å². The normalized spacial score (nSPS) is 11.9. The van der Waals surface area contributed by atoms with Crippen LogP contribution >= 0.6 is 15.6 Å². The van der Waals surface area contributed by atoms with Crippen molar-refractivity contribution in [2.24, 2.45) is 22.5 Å². The molecule has 244 valence electrons. The Labute approximate surface area is 339 Å². The number of amides is 2. The van der Waals surface area contributed by atoms with E-state index in [1.165, 1.54) is 0 Å². The van der Waals surface area contributed by atoms with Crippen LogP contribution in [0, 0.1) is 16.7 Å². The molecule has 2 amide bonds. The Bertz CT molecular complexity index is 856. The van der Waals surface area contributed by atoms with Crippen LogP contribution in [0.4, 0.5) is 0 Å². The molecule has 0 fully saturated rings. The van der Waals surface area contributed by atoms with Gasteiger partial charge in [-0.3, -0.25) is 23.7 Å². The molecule has 0 aliphatic heterocycles. The summed E-state index contributed by atoms with van der Waals surface area (Å²) < 4.78 is 37.8. The van der Waals surface area contributed by atoms with Crippen LogP contribution in [0.25, 0.3) is 0 Å². The fraction of sp³-hybridized carbons (Fsp3) is 0.826. The van der Waals surface area contributed by atoms with E-state index < -0.39 is 50.9 Å². The second-order valence-corrected chi connectivity index (χ2v) is 12.2. The van der Waals surface area contributed by atoms with Crippen molar-refractivity contribution in [2.45, 2.75) is 74.7 Å². The van der Waals surface area contributed by atoms with Crippen LogP contribution in [0.5, 0.6) is 0 Å². The van der Waals surface area contributed by atoms with Crippen LogP contribution < -0.4 is 124 Å². The van der Waals surface area contributed by atoms with E-state index >= 15 is 0 Å². The number of nitrogens with one attached hydrogen (secondary N) is 1. The third-order valence-corrected chi connectivity index (χ3v) is 6.53. The first-order valence-corrected chi connectivity index (χ1v) is 15.7. The number of rotatable bonds is 16. The molecule has 20 heteroatoms. The second kappa shape index (κ2) is 27.3. The van der Waals surface area contributed by atoms with Gasteiger partial charge in [0.25, 0.3) is 0 Å². The quantitative estimate of drug-likeness (QED) is 0.0503. The molecule has 1 unspecified atom stereocenters. The zero-order valence-electron chi connectivity index (χ0n) is 27.0. The maximum Gasteiger partial charge on any atom is 1.00 e. The summed E-state index contributed by atoms with van der Waals surface area (Å²) >= 11 is 0. The van der Waals surface area contributed by atoms with Crippen molar-refractivity contribution >= 4 is 39.4 Å². The number of carbonyl (C=O) groups is 4. The van der Waals surface area contributed by atoms with Crippen molar-refractivity contribution in [2.75, 3.05) is 33.0 Å². The summed E-state index contributed by atoms with van der Waals surface area (Å²) in [4.78, 5) is 80.6. The van der Waals surface area contributed by atoms with Gasteiger partial charge in [-0.1, -0.05) is 27.7 Å². The van der Waals surface area contributed by atoms with Crippen molar-refractivity contribution in [1.82, 2.24) is 5.32 Å². The fourth-order valence-corrected chi connectivity index (χ4v) is 2.40. The van der Waals surface area contributed by atoms with Crippen LogP contribution in [0.15, 0.2) is 0 Å². The maximum absolute atomic E-state index is 11.3. The fourth-order valence-electron chi connectivity index (χ4n) is 1.79. The molecule has 0 aliphatic carbocycles. The number of nitrogens with two attached hydrogens (primary N) is 1.